The molecule has 4 unspecified atom stereocenters. The molecule has 0 saturated carbocycles. The topological polar surface area (TPSA) is 98.0 Å². The van der Waals surface area contributed by atoms with Crippen LogP contribution in [0.2, 0.25) is 0 Å². The third kappa shape index (κ3) is 12.3. The molecule has 0 aliphatic heterocycles. The molecule has 0 spiro atoms. The normalized spacial score (nSPS) is 17.7. The predicted octanol–water partition coefficient (Wildman–Crippen LogP) is 0.770. The van der Waals surface area contributed by atoms with Crippen molar-refractivity contribution in [2.75, 3.05) is 0 Å². The van der Waals surface area contributed by atoms with Crippen molar-refractivity contribution < 1.29 is 25.2 Å². The van der Waals surface area contributed by atoms with Gasteiger partial charge in [-0.15, -0.1) is 0 Å². The van der Waals surface area contributed by atoms with Gasteiger partial charge in [-0.1, -0.05) is 0 Å². The van der Waals surface area contributed by atoms with Crippen LogP contribution in [0.1, 0.15) is 58.3 Å². The first kappa shape index (κ1) is 18.5. The van der Waals surface area contributed by atoms with Crippen molar-refractivity contribution in [1.82, 2.24) is 0 Å². The molecule has 0 heterocycles. The number of hydrogen-bond donors (Lipinski definition) is 4. The maximum absolute atomic E-state index is 10.1. The average Bonchev–Trinajstić information content (AvgIpc) is 2.37. The van der Waals surface area contributed by atoms with Crippen LogP contribution in [-0.2, 0) is 4.79 Å². The van der Waals surface area contributed by atoms with Crippen LogP contribution in [0.4, 0.5) is 0 Å². The Hall–Kier alpha value is -0.490. The molecule has 0 fully saturated rings. The number of carbonyl (C=O) groups is 1. The summed E-state index contributed by atoms with van der Waals surface area (Å²) >= 11 is 0. The van der Waals surface area contributed by atoms with Crippen molar-refractivity contribution >= 4 is 6.29 Å². The highest BCUT2D eigenvalue weighted by Crippen LogP contribution is 2.13. The molecule has 0 bridgehead atoms. The minimum absolute atomic E-state index is 0.343. The maximum atomic E-state index is 10.1. The third-order valence-corrected chi connectivity index (χ3v) is 3.20. The quantitative estimate of drug-likeness (QED) is 0.395. The molecule has 5 nitrogen and oxygen atoms in total. The molecule has 5 heteroatoms. The Morgan fingerprint density at radius 3 is 1.47 bits per heavy atom. The lowest BCUT2D eigenvalue weighted by atomic mass is 10.00. The third-order valence-electron chi connectivity index (χ3n) is 3.20. The zero-order valence-corrected chi connectivity index (χ0v) is 11.7. The van der Waals surface area contributed by atoms with E-state index in [-0.39, 0.29) is 0 Å². The van der Waals surface area contributed by atoms with Gasteiger partial charge < -0.3 is 25.2 Å². The van der Waals surface area contributed by atoms with Crippen molar-refractivity contribution in [3.05, 3.63) is 0 Å². The van der Waals surface area contributed by atoms with E-state index in [1.54, 1.807) is 6.92 Å². The fraction of sp³-hybridized carbons (Fsp3) is 0.929. The largest absolute Gasteiger partial charge is 0.393 e. The van der Waals surface area contributed by atoms with E-state index in [9.17, 15) is 20.1 Å². The van der Waals surface area contributed by atoms with Crippen LogP contribution in [0.25, 0.3) is 0 Å². The molecule has 0 aromatic carbocycles. The molecule has 4 atom stereocenters. The van der Waals surface area contributed by atoms with E-state index in [1.165, 1.54) is 0 Å². The van der Waals surface area contributed by atoms with Gasteiger partial charge in [-0.2, -0.15) is 0 Å². The second-order valence-corrected chi connectivity index (χ2v) is 5.29. The van der Waals surface area contributed by atoms with Gasteiger partial charge in [0, 0.05) is 6.42 Å². The monoisotopic (exact) mass is 276 g/mol. The van der Waals surface area contributed by atoms with Crippen LogP contribution < -0.4 is 0 Å². The van der Waals surface area contributed by atoms with Gasteiger partial charge in [0.1, 0.15) is 6.29 Å². The van der Waals surface area contributed by atoms with Gasteiger partial charge in [-0.05, 0) is 51.9 Å². The van der Waals surface area contributed by atoms with Crippen LogP contribution in [0, 0.1) is 0 Å². The molecule has 0 aliphatic carbocycles. The number of rotatable bonds is 12. The van der Waals surface area contributed by atoms with Gasteiger partial charge in [0.15, 0.2) is 0 Å². The fourth-order valence-corrected chi connectivity index (χ4v) is 1.90. The Morgan fingerprint density at radius 2 is 1.11 bits per heavy atom. The zero-order valence-electron chi connectivity index (χ0n) is 11.7. The van der Waals surface area contributed by atoms with Gasteiger partial charge in [-0.25, -0.2) is 0 Å². The molecule has 4 N–H and O–H groups in total. The number of aliphatic hydroxyl groups is 4. The summed E-state index contributed by atoms with van der Waals surface area (Å²) < 4.78 is 0. The molecular weight excluding hydrogens is 248 g/mol. The standard InChI is InChI=1S/C14H28O5/c1-11(16)4-5-13(18)8-9-14(19)7-6-12(17)3-2-10-15/h10-14,16-19H,2-9H2,1H3. The molecule has 0 saturated heterocycles. The van der Waals surface area contributed by atoms with E-state index in [1.807, 2.05) is 0 Å². The lowest BCUT2D eigenvalue weighted by Crippen LogP contribution is -2.17. The number of carbonyl (C=O) groups excluding carboxylic acids is 1. The van der Waals surface area contributed by atoms with Crippen LogP contribution in [0.3, 0.4) is 0 Å². The highest BCUT2D eigenvalue weighted by Gasteiger charge is 2.12. The van der Waals surface area contributed by atoms with E-state index in [2.05, 4.69) is 0 Å². The highest BCUT2D eigenvalue weighted by atomic mass is 16.3. The smallest absolute Gasteiger partial charge is 0.120 e. The molecule has 114 valence electrons. The second-order valence-electron chi connectivity index (χ2n) is 5.29. The van der Waals surface area contributed by atoms with E-state index < -0.39 is 24.4 Å². The minimum atomic E-state index is -0.542. The van der Waals surface area contributed by atoms with Crippen molar-refractivity contribution in [2.24, 2.45) is 0 Å². The number of aliphatic hydroxyl groups excluding tert-OH is 4. The van der Waals surface area contributed by atoms with Gasteiger partial charge >= 0.3 is 0 Å². The van der Waals surface area contributed by atoms with E-state index in [0.717, 1.165) is 6.29 Å². The lowest BCUT2D eigenvalue weighted by molar-refractivity contribution is -0.108. The summed E-state index contributed by atoms with van der Waals surface area (Å²) in [7, 11) is 0. The SMILES string of the molecule is CC(O)CCC(O)CCC(O)CCC(O)CCC=O. The average molecular weight is 276 g/mol. The van der Waals surface area contributed by atoms with Crippen molar-refractivity contribution in [3.63, 3.8) is 0 Å². The van der Waals surface area contributed by atoms with Crippen molar-refractivity contribution in [3.8, 4) is 0 Å². The molecule has 0 rings (SSSR count). The Labute approximate surface area is 115 Å². The van der Waals surface area contributed by atoms with Gasteiger partial charge in [0.25, 0.3) is 0 Å². The molecule has 0 aromatic heterocycles. The summed E-state index contributed by atoms with van der Waals surface area (Å²) in [5.74, 6) is 0. The summed E-state index contributed by atoms with van der Waals surface area (Å²) in [6.07, 6.45) is 2.60. The molecule has 0 aromatic rings. The molecule has 0 radical (unpaired) electrons. The first-order chi connectivity index (χ1) is 8.95. The summed E-state index contributed by atoms with van der Waals surface area (Å²) in [4.78, 5) is 10.1. The summed E-state index contributed by atoms with van der Waals surface area (Å²) in [6, 6.07) is 0. The highest BCUT2D eigenvalue weighted by molar-refractivity contribution is 5.49. The summed E-state index contributed by atoms with van der Waals surface area (Å²) in [5.41, 5.74) is 0. The second kappa shape index (κ2) is 11.3. The molecule has 0 aliphatic rings. The van der Waals surface area contributed by atoms with Gasteiger partial charge in [-0.3, -0.25) is 0 Å². The van der Waals surface area contributed by atoms with Crippen LogP contribution in [0.5, 0.6) is 0 Å². The summed E-state index contributed by atoms with van der Waals surface area (Å²) in [6.45, 7) is 1.68. The molecule has 0 amide bonds. The van der Waals surface area contributed by atoms with Crippen LogP contribution >= 0.6 is 0 Å². The Morgan fingerprint density at radius 1 is 0.737 bits per heavy atom. The lowest BCUT2D eigenvalue weighted by Gasteiger charge is -2.16. The van der Waals surface area contributed by atoms with E-state index >= 15 is 0 Å². The maximum Gasteiger partial charge on any atom is 0.120 e. The van der Waals surface area contributed by atoms with Crippen molar-refractivity contribution in [1.29, 1.82) is 0 Å². The first-order valence-electron chi connectivity index (χ1n) is 7.11. The van der Waals surface area contributed by atoms with Crippen LogP contribution in [-0.4, -0.2) is 51.1 Å². The van der Waals surface area contributed by atoms with Gasteiger partial charge in [0.05, 0.1) is 24.4 Å². The Kier molecular flexibility index (Phi) is 11.1. The van der Waals surface area contributed by atoms with E-state index in [4.69, 9.17) is 5.11 Å². The fourth-order valence-electron chi connectivity index (χ4n) is 1.90. The van der Waals surface area contributed by atoms with Crippen LogP contribution in [0.15, 0.2) is 0 Å². The Balaban J connectivity index is 3.57. The van der Waals surface area contributed by atoms with E-state index in [0.29, 0.717) is 51.4 Å². The molecule has 19 heavy (non-hydrogen) atoms. The number of hydrogen-bond acceptors (Lipinski definition) is 5. The zero-order chi connectivity index (χ0) is 14.7. The Bertz CT molecular complexity index is 220. The number of aldehydes is 1. The minimum Gasteiger partial charge on any atom is -0.393 e. The summed E-state index contributed by atoms with van der Waals surface area (Å²) in [5, 5.41) is 37.9. The predicted molar refractivity (Wildman–Crippen MR) is 72.7 cm³/mol. The molecular formula is C14H28O5. The van der Waals surface area contributed by atoms with Crippen molar-refractivity contribution in [2.45, 2.75) is 82.7 Å². The first-order valence-corrected chi connectivity index (χ1v) is 7.11. The van der Waals surface area contributed by atoms with Gasteiger partial charge in [0.2, 0.25) is 0 Å².